The number of aliphatic hydroxyl groups is 1. The van der Waals surface area contributed by atoms with Crippen molar-refractivity contribution in [3.05, 3.63) is 24.3 Å². The molecule has 1 aromatic rings. The van der Waals surface area contributed by atoms with Gasteiger partial charge < -0.3 is 20.1 Å². The molecule has 4 heteroatoms. The third-order valence-electron chi connectivity index (χ3n) is 4.65. The van der Waals surface area contributed by atoms with Crippen molar-refractivity contribution in [2.45, 2.75) is 18.4 Å². The molecule has 3 saturated heterocycles. The molecule has 19 heavy (non-hydrogen) atoms. The Morgan fingerprint density at radius 1 is 1.37 bits per heavy atom. The van der Waals surface area contributed by atoms with Crippen LogP contribution in [-0.4, -0.2) is 48.9 Å². The van der Waals surface area contributed by atoms with E-state index in [1.54, 1.807) is 7.11 Å². The number of hydrogen-bond acceptors (Lipinski definition) is 4. The van der Waals surface area contributed by atoms with Crippen LogP contribution in [0.25, 0.3) is 0 Å². The molecule has 1 aromatic carbocycles. The first kappa shape index (κ1) is 12.8. The van der Waals surface area contributed by atoms with E-state index in [9.17, 15) is 5.11 Å². The largest absolute Gasteiger partial charge is 0.495 e. The van der Waals surface area contributed by atoms with E-state index in [2.05, 4.69) is 10.2 Å². The maximum absolute atomic E-state index is 9.96. The first-order valence-electron chi connectivity index (χ1n) is 7.02. The summed E-state index contributed by atoms with van der Waals surface area (Å²) in [5.41, 5.74) is 0.762. The molecule has 0 amide bonds. The van der Waals surface area contributed by atoms with E-state index in [0.717, 1.165) is 18.0 Å². The molecule has 4 rings (SSSR count). The second-order valence-electron chi connectivity index (χ2n) is 5.69. The molecule has 0 saturated carbocycles. The molecule has 0 radical (unpaired) electrons. The highest BCUT2D eigenvalue weighted by molar-refractivity contribution is 5.58. The highest BCUT2D eigenvalue weighted by Gasteiger charge is 2.46. The van der Waals surface area contributed by atoms with Crippen molar-refractivity contribution in [3.63, 3.8) is 0 Å². The minimum Gasteiger partial charge on any atom is -0.495 e. The van der Waals surface area contributed by atoms with Crippen molar-refractivity contribution >= 4 is 5.69 Å². The predicted molar refractivity (Wildman–Crippen MR) is 75.6 cm³/mol. The Hall–Kier alpha value is -1.26. The summed E-state index contributed by atoms with van der Waals surface area (Å²) in [5.74, 6) is 1.39. The number of benzene rings is 1. The van der Waals surface area contributed by atoms with Gasteiger partial charge in [-0.15, -0.1) is 0 Å². The predicted octanol–water partition coefficient (Wildman–Crippen LogP) is 1.56. The molecule has 2 N–H and O–H groups in total. The number of fused-ring (bicyclic) bond motifs is 3. The lowest BCUT2D eigenvalue weighted by Crippen LogP contribution is -2.64. The number of piperidine rings is 3. The summed E-state index contributed by atoms with van der Waals surface area (Å²) in [5, 5.41) is 13.5. The molecule has 3 fully saturated rings. The summed E-state index contributed by atoms with van der Waals surface area (Å²) >= 11 is 0. The topological polar surface area (TPSA) is 44.7 Å². The normalized spacial score (nSPS) is 33.2. The molecule has 2 bridgehead atoms. The molecule has 1 atom stereocenters. The van der Waals surface area contributed by atoms with Gasteiger partial charge in [0.05, 0.1) is 24.9 Å². The lowest BCUT2D eigenvalue weighted by Gasteiger charge is -2.53. The Labute approximate surface area is 114 Å². The quantitative estimate of drug-likeness (QED) is 0.864. The Balaban J connectivity index is 1.87. The Kier molecular flexibility index (Phi) is 3.37. The van der Waals surface area contributed by atoms with Crippen LogP contribution in [0, 0.1) is 5.92 Å². The molecule has 0 spiro atoms. The number of methoxy groups -OCH3 is 1. The lowest BCUT2D eigenvalue weighted by atomic mass is 9.73. The zero-order valence-corrected chi connectivity index (χ0v) is 11.4. The van der Waals surface area contributed by atoms with E-state index >= 15 is 0 Å². The summed E-state index contributed by atoms with van der Waals surface area (Å²) in [6, 6.07) is 7.94. The third-order valence-corrected chi connectivity index (χ3v) is 4.65. The zero-order valence-electron chi connectivity index (χ0n) is 11.4. The number of para-hydroxylation sites is 2. The fourth-order valence-corrected chi connectivity index (χ4v) is 3.55. The van der Waals surface area contributed by atoms with Gasteiger partial charge in [0.25, 0.3) is 0 Å². The summed E-state index contributed by atoms with van der Waals surface area (Å²) in [6.45, 7) is 3.43. The molecule has 3 aliphatic heterocycles. The molecule has 1 unspecified atom stereocenters. The highest BCUT2D eigenvalue weighted by Crippen LogP contribution is 2.39. The van der Waals surface area contributed by atoms with E-state index in [0.29, 0.717) is 5.92 Å². The van der Waals surface area contributed by atoms with Gasteiger partial charge >= 0.3 is 0 Å². The molecule has 3 heterocycles. The van der Waals surface area contributed by atoms with Crippen molar-refractivity contribution in [1.29, 1.82) is 0 Å². The third kappa shape index (κ3) is 2.19. The summed E-state index contributed by atoms with van der Waals surface area (Å²) in [4.78, 5) is 2.44. The molecule has 0 aliphatic carbocycles. The van der Waals surface area contributed by atoms with Gasteiger partial charge in [0, 0.05) is 6.54 Å². The minimum atomic E-state index is -0.217. The first-order valence-corrected chi connectivity index (χ1v) is 7.02. The van der Waals surface area contributed by atoms with E-state index in [1.807, 2.05) is 24.3 Å². The molecule has 4 nitrogen and oxygen atoms in total. The summed E-state index contributed by atoms with van der Waals surface area (Å²) in [7, 11) is 1.68. The van der Waals surface area contributed by atoms with Gasteiger partial charge in [0.1, 0.15) is 5.75 Å². The van der Waals surface area contributed by atoms with Crippen LogP contribution in [0.3, 0.4) is 0 Å². The standard InChI is InChI=1S/C15H22N2O2/c1-19-14-5-3-2-4-13(14)16-15(11-18)10-17-8-6-12(15)7-9-17/h2-5,12,16,18H,6-11H2,1H3. The highest BCUT2D eigenvalue weighted by atomic mass is 16.5. The van der Waals surface area contributed by atoms with Gasteiger partial charge in [-0.05, 0) is 44.0 Å². The van der Waals surface area contributed by atoms with Crippen LogP contribution >= 0.6 is 0 Å². The van der Waals surface area contributed by atoms with Crippen molar-refractivity contribution in [3.8, 4) is 5.75 Å². The Morgan fingerprint density at radius 3 is 2.68 bits per heavy atom. The lowest BCUT2D eigenvalue weighted by molar-refractivity contribution is 0.00907. The van der Waals surface area contributed by atoms with Crippen LogP contribution in [-0.2, 0) is 0 Å². The number of rotatable bonds is 4. The molecular formula is C15H22N2O2. The fourth-order valence-electron chi connectivity index (χ4n) is 3.55. The Bertz CT molecular complexity index is 444. The van der Waals surface area contributed by atoms with Crippen LogP contribution < -0.4 is 10.1 Å². The molecule has 3 aliphatic rings. The number of anilines is 1. The summed E-state index contributed by atoms with van der Waals surface area (Å²) < 4.78 is 5.40. The average Bonchev–Trinajstić information content (AvgIpc) is 2.49. The van der Waals surface area contributed by atoms with E-state index < -0.39 is 0 Å². The fraction of sp³-hybridized carbons (Fsp3) is 0.600. The summed E-state index contributed by atoms with van der Waals surface area (Å²) in [6.07, 6.45) is 2.34. The number of hydrogen-bond donors (Lipinski definition) is 2. The molecule has 104 valence electrons. The monoisotopic (exact) mass is 262 g/mol. The van der Waals surface area contributed by atoms with E-state index in [1.165, 1.54) is 25.9 Å². The van der Waals surface area contributed by atoms with Gasteiger partial charge in [0.15, 0.2) is 0 Å². The SMILES string of the molecule is COc1ccccc1NC1(CO)CN2CCC1CC2. The maximum Gasteiger partial charge on any atom is 0.141 e. The van der Waals surface area contributed by atoms with Crippen LogP contribution in [0.15, 0.2) is 24.3 Å². The number of aliphatic hydroxyl groups excluding tert-OH is 1. The number of ether oxygens (including phenoxy) is 1. The maximum atomic E-state index is 9.96. The molecular weight excluding hydrogens is 240 g/mol. The number of nitrogens with zero attached hydrogens (tertiary/aromatic N) is 1. The smallest absolute Gasteiger partial charge is 0.141 e. The van der Waals surface area contributed by atoms with Crippen LogP contribution in [0.5, 0.6) is 5.75 Å². The minimum absolute atomic E-state index is 0.173. The second kappa shape index (κ2) is 5.02. The average molecular weight is 262 g/mol. The van der Waals surface area contributed by atoms with Crippen molar-refractivity contribution in [2.24, 2.45) is 5.92 Å². The Morgan fingerprint density at radius 2 is 2.11 bits per heavy atom. The van der Waals surface area contributed by atoms with Crippen LogP contribution in [0.2, 0.25) is 0 Å². The van der Waals surface area contributed by atoms with Gasteiger partial charge in [-0.3, -0.25) is 0 Å². The van der Waals surface area contributed by atoms with Crippen molar-refractivity contribution < 1.29 is 9.84 Å². The van der Waals surface area contributed by atoms with Crippen LogP contribution in [0.4, 0.5) is 5.69 Å². The van der Waals surface area contributed by atoms with Gasteiger partial charge in [0.2, 0.25) is 0 Å². The second-order valence-corrected chi connectivity index (χ2v) is 5.69. The van der Waals surface area contributed by atoms with E-state index in [4.69, 9.17) is 4.74 Å². The molecule has 0 aromatic heterocycles. The first-order chi connectivity index (χ1) is 9.27. The van der Waals surface area contributed by atoms with Crippen LogP contribution in [0.1, 0.15) is 12.8 Å². The van der Waals surface area contributed by atoms with Gasteiger partial charge in [-0.1, -0.05) is 12.1 Å². The van der Waals surface area contributed by atoms with Gasteiger partial charge in [-0.25, -0.2) is 0 Å². The number of nitrogens with one attached hydrogen (secondary N) is 1. The van der Waals surface area contributed by atoms with Crippen molar-refractivity contribution in [1.82, 2.24) is 4.90 Å². The van der Waals surface area contributed by atoms with E-state index in [-0.39, 0.29) is 12.1 Å². The van der Waals surface area contributed by atoms with Crippen molar-refractivity contribution in [2.75, 3.05) is 38.7 Å². The van der Waals surface area contributed by atoms with Gasteiger partial charge in [-0.2, -0.15) is 0 Å². The zero-order chi connectivity index (χ0) is 13.3.